The molecular weight excluding hydrogens is 1400 g/mol. The summed E-state index contributed by atoms with van der Waals surface area (Å²) >= 11 is 6.24. The molecule has 8 heterocycles. The molecule has 0 bridgehead atoms. The number of aromatic nitrogens is 6. The van der Waals surface area contributed by atoms with Gasteiger partial charge in [-0.1, -0.05) is 218 Å². The second kappa shape index (κ2) is 35.2. The Kier molecular flexibility index (Phi) is 23.8. The van der Waals surface area contributed by atoms with E-state index in [2.05, 4.69) is 169 Å². The predicted octanol–water partition coefficient (Wildman–Crippen LogP) is 19.3. The Morgan fingerprint density at radius 1 is 0.423 bits per heavy atom. The third kappa shape index (κ3) is 18.7. The SMILES string of the molecule is CC1(C)OB(c2cccc(N)c2)OC1(C)C.Clc1cc2cccc(-c3ccccc3)c2c(NCc2ccccn2)n1.Nc1cccc(-c2cc3cccc(-c4ccccc4)c3c(NCc3ccccn3)n2)c1.O=C(Cc1cccc(-c2cc3cccc(-c4ccccc4)c3c(NCc3ccccn3)n2)c1)N1CCOCC1. The number of carbonyl (C=O) groups is 1. The number of fused-ring (bicyclic) bond motifs is 3. The minimum Gasteiger partial charge on any atom is -0.399 e. The van der Waals surface area contributed by atoms with E-state index in [4.69, 9.17) is 47.1 Å². The first-order chi connectivity index (χ1) is 54.1. The van der Waals surface area contributed by atoms with Gasteiger partial charge in [0.25, 0.3) is 0 Å². The van der Waals surface area contributed by atoms with Crippen LogP contribution < -0.4 is 32.9 Å². The number of nitrogens with two attached hydrogens (primary N) is 2. The Bertz CT molecular complexity index is 5640. The maximum atomic E-state index is 12.9. The van der Waals surface area contributed by atoms with Gasteiger partial charge in [-0.15, -0.1) is 0 Å². The Morgan fingerprint density at radius 2 is 0.811 bits per heavy atom. The molecule has 2 fully saturated rings. The van der Waals surface area contributed by atoms with Crippen molar-refractivity contribution >= 4 is 91.2 Å². The summed E-state index contributed by atoms with van der Waals surface area (Å²) < 4.78 is 17.3. The predicted molar refractivity (Wildman–Crippen MR) is 454 cm³/mol. The summed E-state index contributed by atoms with van der Waals surface area (Å²) in [5.41, 5.74) is 28.0. The zero-order chi connectivity index (χ0) is 76.5. The van der Waals surface area contributed by atoms with Crippen LogP contribution in [0.5, 0.6) is 0 Å². The summed E-state index contributed by atoms with van der Waals surface area (Å²) in [6.45, 7) is 12.4. The minimum atomic E-state index is -0.325. The van der Waals surface area contributed by atoms with Crippen molar-refractivity contribution in [1.29, 1.82) is 0 Å². The average Bonchev–Trinajstić information content (AvgIpc) is 1.71. The van der Waals surface area contributed by atoms with E-state index in [-0.39, 0.29) is 24.2 Å². The molecule has 552 valence electrons. The van der Waals surface area contributed by atoms with Crippen LogP contribution in [0, 0.1) is 0 Å². The van der Waals surface area contributed by atoms with E-state index in [1.54, 1.807) is 18.6 Å². The normalized spacial score (nSPS) is 13.4. The lowest BCUT2D eigenvalue weighted by Crippen LogP contribution is -2.41. The van der Waals surface area contributed by atoms with Gasteiger partial charge in [-0.2, -0.15) is 0 Å². The lowest BCUT2D eigenvalue weighted by atomic mass is 9.79. The molecule has 17 rings (SSSR count). The molecule has 2 aliphatic heterocycles. The maximum absolute atomic E-state index is 12.9. The Morgan fingerprint density at radius 3 is 1.24 bits per heavy atom. The van der Waals surface area contributed by atoms with E-state index in [1.165, 1.54) is 0 Å². The Labute approximate surface area is 653 Å². The van der Waals surface area contributed by atoms with Crippen molar-refractivity contribution in [3.05, 3.63) is 338 Å². The number of halogens is 1. The van der Waals surface area contributed by atoms with E-state index in [0.717, 1.165) is 145 Å². The molecule has 1 amide bonds. The highest BCUT2D eigenvalue weighted by Crippen LogP contribution is 2.41. The number of pyridine rings is 6. The molecule has 2 saturated heterocycles. The van der Waals surface area contributed by atoms with Crippen LogP contribution in [-0.2, 0) is 44.9 Å². The van der Waals surface area contributed by atoms with Crippen molar-refractivity contribution in [2.24, 2.45) is 0 Å². The smallest absolute Gasteiger partial charge is 0.399 e. The standard InChI is InChI=1S/C33H30N4O2.C27H22N4.C21H16ClN3.C12H18BNO2/c38-31(37-16-18-39-19-17-37)21-24-8-6-11-26(20-24)30-22-27-12-7-14-29(25-9-2-1-3-10-25)32(27)33(36-30)35-23-28-13-4-5-15-34-28;28-22-12-6-10-20(16-22)25-17-21-11-7-14-24(19-8-2-1-3-9-19)26(21)27(31-25)30-18-23-13-4-5-15-29-23;22-19-13-16-9-6-11-18(15-7-2-1-3-8-15)20(16)21(25-19)24-14-17-10-4-5-12-23-17;1-11(2)12(3,4)16-13(15-11)9-6-5-7-10(14)8-9/h1-15,20,22H,16-19,21,23H2,(H,35,36);1-17H,18,28H2,(H,30,31);1-13H,14H2,(H,24,25);5-8H,14H2,1-4H3. The number of anilines is 5. The molecule has 0 aliphatic carbocycles. The molecule has 0 spiro atoms. The topological polar surface area (TPSA) is 213 Å². The third-order valence-corrected chi connectivity index (χ3v) is 20.0. The first-order valence-corrected chi connectivity index (χ1v) is 37.6. The quantitative estimate of drug-likeness (QED) is 0.0326. The van der Waals surface area contributed by atoms with Crippen molar-refractivity contribution in [3.63, 3.8) is 0 Å². The first kappa shape index (κ1) is 75.2. The number of amides is 1. The highest BCUT2D eigenvalue weighted by molar-refractivity contribution is 6.62. The van der Waals surface area contributed by atoms with Crippen molar-refractivity contribution in [2.45, 2.75) is 65.0 Å². The van der Waals surface area contributed by atoms with Crippen LogP contribution in [0.1, 0.15) is 50.3 Å². The lowest BCUT2D eigenvalue weighted by Gasteiger charge is -2.32. The van der Waals surface area contributed by atoms with Crippen molar-refractivity contribution in [2.75, 3.05) is 53.7 Å². The van der Waals surface area contributed by atoms with Crippen LogP contribution in [-0.4, -0.2) is 85.3 Å². The molecule has 6 aromatic heterocycles. The highest BCUT2D eigenvalue weighted by atomic mass is 35.5. The van der Waals surface area contributed by atoms with Crippen LogP contribution in [0.4, 0.5) is 28.8 Å². The Balaban J connectivity index is 0.000000128. The molecule has 111 heavy (non-hydrogen) atoms. The fourth-order valence-corrected chi connectivity index (χ4v) is 13.7. The van der Waals surface area contributed by atoms with Gasteiger partial charge < -0.3 is 46.4 Å². The van der Waals surface area contributed by atoms with E-state index >= 15 is 0 Å². The number of carbonyl (C=O) groups excluding carboxylic acids is 1. The number of nitrogens with zero attached hydrogens (tertiary/aromatic N) is 7. The van der Waals surface area contributed by atoms with Crippen LogP contribution in [0.3, 0.4) is 0 Å². The van der Waals surface area contributed by atoms with Gasteiger partial charge >= 0.3 is 7.12 Å². The van der Waals surface area contributed by atoms with Crippen molar-refractivity contribution < 1.29 is 18.8 Å². The molecule has 18 heteroatoms. The summed E-state index contributed by atoms with van der Waals surface area (Å²) in [5.74, 6) is 2.54. The lowest BCUT2D eigenvalue weighted by molar-refractivity contribution is -0.134. The van der Waals surface area contributed by atoms with E-state index < -0.39 is 0 Å². The van der Waals surface area contributed by atoms with Gasteiger partial charge in [-0.3, -0.25) is 19.7 Å². The zero-order valence-corrected chi connectivity index (χ0v) is 63.2. The Hall–Kier alpha value is -12.6. The molecule has 15 aromatic rings. The van der Waals surface area contributed by atoms with Crippen LogP contribution in [0.25, 0.3) is 88.2 Å². The van der Waals surface area contributed by atoms with Gasteiger partial charge in [0.15, 0.2) is 0 Å². The molecule has 16 nitrogen and oxygen atoms in total. The average molecular weight is 1480 g/mol. The second-order valence-electron chi connectivity index (χ2n) is 28.1. The first-order valence-electron chi connectivity index (χ1n) is 37.2. The number of hydrogen-bond acceptors (Lipinski definition) is 15. The molecule has 0 atom stereocenters. The fourth-order valence-electron chi connectivity index (χ4n) is 13.5. The number of rotatable bonds is 17. The molecule has 0 saturated carbocycles. The number of morpholine rings is 1. The molecular formula is C93H86BClN12O4. The number of nitrogen functional groups attached to an aromatic ring is 2. The van der Waals surface area contributed by atoms with Gasteiger partial charge in [-0.05, 0) is 173 Å². The minimum absolute atomic E-state index is 0.132. The molecule has 9 aromatic carbocycles. The summed E-state index contributed by atoms with van der Waals surface area (Å²) in [4.78, 5) is 42.7. The molecule has 0 radical (unpaired) electrons. The van der Waals surface area contributed by atoms with Crippen LogP contribution >= 0.6 is 11.6 Å². The van der Waals surface area contributed by atoms with Gasteiger partial charge in [0.05, 0.1) is 78.9 Å². The summed E-state index contributed by atoms with van der Waals surface area (Å²) in [6.07, 6.45) is 5.76. The monoisotopic (exact) mass is 1480 g/mol. The van der Waals surface area contributed by atoms with Crippen molar-refractivity contribution in [3.8, 4) is 55.9 Å². The molecule has 2 aliphatic rings. The van der Waals surface area contributed by atoms with E-state index in [9.17, 15) is 4.79 Å². The number of ether oxygens (including phenoxy) is 1. The van der Waals surface area contributed by atoms with E-state index in [1.807, 2.05) is 190 Å². The zero-order valence-electron chi connectivity index (χ0n) is 62.5. The fraction of sp³-hybridized carbons (Fsp3) is 0.151. The number of benzene rings is 9. The van der Waals surface area contributed by atoms with Crippen LogP contribution in [0.15, 0.2) is 310 Å². The molecule has 7 N–H and O–H groups in total. The summed E-state index contributed by atoms with van der Waals surface area (Å²) in [6, 6.07) is 97.5. The van der Waals surface area contributed by atoms with Gasteiger partial charge in [0.1, 0.15) is 22.6 Å². The van der Waals surface area contributed by atoms with E-state index in [0.29, 0.717) is 57.5 Å². The van der Waals surface area contributed by atoms with Gasteiger partial charge in [0, 0.05) is 70.3 Å². The van der Waals surface area contributed by atoms with Crippen LogP contribution in [0.2, 0.25) is 5.15 Å². The summed E-state index contributed by atoms with van der Waals surface area (Å²) in [5, 5.41) is 17.5. The van der Waals surface area contributed by atoms with Gasteiger partial charge in [-0.25, -0.2) is 15.0 Å². The number of nitrogens with one attached hydrogen (secondary N) is 3. The summed E-state index contributed by atoms with van der Waals surface area (Å²) in [7, 11) is -0.325. The molecule has 0 unspecified atom stereocenters. The maximum Gasteiger partial charge on any atom is 0.494 e. The largest absolute Gasteiger partial charge is 0.494 e. The number of hydrogen-bond donors (Lipinski definition) is 5. The van der Waals surface area contributed by atoms with Crippen molar-refractivity contribution in [1.82, 2.24) is 34.8 Å². The van der Waals surface area contributed by atoms with Gasteiger partial charge in [0.2, 0.25) is 5.91 Å². The second-order valence-corrected chi connectivity index (χ2v) is 28.5. The highest BCUT2D eigenvalue weighted by Gasteiger charge is 2.51. The third-order valence-electron chi connectivity index (χ3n) is 19.8.